The average molecular weight is 224 g/mol. The molecule has 0 unspecified atom stereocenters. The Bertz CT molecular complexity index is 477. The van der Waals surface area contributed by atoms with Gasteiger partial charge in [-0.1, -0.05) is 60.7 Å². The Morgan fingerprint density at radius 3 is 1.82 bits per heavy atom. The quantitative estimate of drug-likeness (QED) is 0.751. The van der Waals surface area contributed by atoms with E-state index < -0.39 is 0 Å². The van der Waals surface area contributed by atoms with Gasteiger partial charge in [0.2, 0.25) is 0 Å². The summed E-state index contributed by atoms with van der Waals surface area (Å²) in [6, 6.07) is 21.1. The van der Waals surface area contributed by atoms with Gasteiger partial charge in [-0.05, 0) is 18.1 Å². The summed E-state index contributed by atoms with van der Waals surface area (Å²) in [5, 5.41) is 0. The van der Waals surface area contributed by atoms with Crippen LogP contribution in [-0.2, 0) is 4.74 Å². The van der Waals surface area contributed by atoms with Gasteiger partial charge >= 0.3 is 0 Å². The predicted molar refractivity (Wildman–Crippen MR) is 68.9 cm³/mol. The van der Waals surface area contributed by atoms with E-state index in [-0.39, 0.29) is 6.10 Å². The van der Waals surface area contributed by atoms with Crippen LogP contribution in [0.2, 0.25) is 0 Å². The van der Waals surface area contributed by atoms with Crippen LogP contribution in [0.15, 0.2) is 60.7 Å². The molecule has 0 amide bonds. The molecule has 17 heavy (non-hydrogen) atoms. The topological polar surface area (TPSA) is 9.23 Å². The minimum absolute atomic E-state index is 0.216. The lowest BCUT2D eigenvalue weighted by atomic mass is 9.80. The molecule has 1 saturated heterocycles. The predicted octanol–water partition coefficient (Wildman–Crippen LogP) is 3.93. The lowest BCUT2D eigenvalue weighted by molar-refractivity contribution is -0.142. The van der Waals surface area contributed by atoms with Gasteiger partial charge < -0.3 is 4.74 Å². The molecule has 3 atom stereocenters. The Balaban J connectivity index is 1.89. The number of hydrogen-bond donors (Lipinski definition) is 0. The van der Waals surface area contributed by atoms with Gasteiger partial charge in [0.05, 0.1) is 12.2 Å². The lowest BCUT2D eigenvalue weighted by Gasteiger charge is -2.44. The van der Waals surface area contributed by atoms with E-state index in [9.17, 15) is 0 Å². The minimum Gasteiger partial charge on any atom is -0.369 e. The van der Waals surface area contributed by atoms with Crippen LogP contribution in [0.3, 0.4) is 0 Å². The molecule has 1 aliphatic heterocycles. The van der Waals surface area contributed by atoms with Crippen LogP contribution in [0, 0.1) is 0 Å². The Morgan fingerprint density at radius 1 is 0.765 bits per heavy atom. The van der Waals surface area contributed by atoms with E-state index in [0.717, 1.165) is 0 Å². The van der Waals surface area contributed by atoms with Gasteiger partial charge in [-0.2, -0.15) is 0 Å². The van der Waals surface area contributed by atoms with Gasteiger partial charge in [0.1, 0.15) is 0 Å². The molecule has 1 aliphatic rings. The zero-order valence-electron chi connectivity index (χ0n) is 9.91. The second-order valence-corrected chi connectivity index (χ2v) is 4.61. The molecule has 86 valence electrons. The van der Waals surface area contributed by atoms with Crippen molar-refractivity contribution in [1.82, 2.24) is 0 Å². The molecule has 0 aromatic heterocycles. The van der Waals surface area contributed by atoms with E-state index in [2.05, 4.69) is 61.5 Å². The van der Waals surface area contributed by atoms with Crippen LogP contribution in [0.25, 0.3) is 0 Å². The Morgan fingerprint density at radius 2 is 1.29 bits per heavy atom. The maximum Gasteiger partial charge on any atom is 0.0922 e. The normalized spacial score (nSPS) is 27.5. The molecule has 0 saturated carbocycles. The highest BCUT2D eigenvalue weighted by Gasteiger charge is 2.41. The summed E-state index contributed by atoms with van der Waals surface area (Å²) in [4.78, 5) is 0. The highest BCUT2D eigenvalue weighted by molar-refractivity contribution is 5.30. The maximum atomic E-state index is 5.89. The van der Waals surface area contributed by atoms with Crippen LogP contribution in [0.4, 0.5) is 0 Å². The fourth-order valence-electron chi connectivity index (χ4n) is 2.61. The second kappa shape index (κ2) is 4.34. The number of hydrogen-bond acceptors (Lipinski definition) is 1. The first-order valence-corrected chi connectivity index (χ1v) is 6.11. The molecule has 0 N–H and O–H groups in total. The Hall–Kier alpha value is -1.60. The van der Waals surface area contributed by atoms with E-state index in [4.69, 9.17) is 4.74 Å². The first-order valence-electron chi connectivity index (χ1n) is 6.11. The first kappa shape index (κ1) is 10.5. The van der Waals surface area contributed by atoms with Gasteiger partial charge in [-0.3, -0.25) is 0 Å². The monoisotopic (exact) mass is 224 g/mol. The van der Waals surface area contributed by atoms with Gasteiger partial charge in [0.15, 0.2) is 0 Å². The molecule has 2 aromatic rings. The maximum absolute atomic E-state index is 5.89. The fraction of sp³-hybridized carbons (Fsp3) is 0.250. The van der Waals surface area contributed by atoms with Gasteiger partial charge in [-0.15, -0.1) is 0 Å². The van der Waals surface area contributed by atoms with Gasteiger partial charge in [0.25, 0.3) is 0 Å². The van der Waals surface area contributed by atoms with E-state index in [1.165, 1.54) is 11.1 Å². The van der Waals surface area contributed by atoms with Crippen molar-refractivity contribution in [2.24, 2.45) is 0 Å². The molecular weight excluding hydrogens is 208 g/mol. The summed E-state index contributed by atoms with van der Waals surface area (Å²) in [6.45, 7) is 2.15. The molecule has 1 fully saturated rings. The van der Waals surface area contributed by atoms with E-state index in [0.29, 0.717) is 12.0 Å². The summed E-state index contributed by atoms with van der Waals surface area (Å²) in [6.07, 6.45) is 0.524. The molecule has 1 heteroatoms. The third kappa shape index (κ3) is 1.87. The standard InChI is InChI=1S/C16H16O/c1-12-15(13-8-4-2-5-9-13)16(17-12)14-10-6-3-7-11-14/h2-12,15-16H,1H3/t12-,15+,16+/m0/s1. The average Bonchev–Trinajstić information content (AvgIpc) is 2.38. The second-order valence-electron chi connectivity index (χ2n) is 4.61. The molecule has 3 rings (SSSR count). The molecule has 0 aliphatic carbocycles. The third-order valence-corrected chi connectivity index (χ3v) is 3.51. The third-order valence-electron chi connectivity index (χ3n) is 3.51. The molecule has 0 radical (unpaired) electrons. The molecule has 0 bridgehead atoms. The van der Waals surface area contributed by atoms with Crippen LogP contribution < -0.4 is 0 Å². The molecule has 0 spiro atoms. The highest BCUT2D eigenvalue weighted by Crippen LogP contribution is 2.47. The number of benzene rings is 2. The number of rotatable bonds is 2. The van der Waals surface area contributed by atoms with Gasteiger partial charge in [-0.25, -0.2) is 0 Å². The summed E-state index contributed by atoms with van der Waals surface area (Å²) in [5.74, 6) is 0.485. The van der Waals surface area contributed by atoms with E-state index in [1.807, 2.05) is 6.07 Å². The molecule has 1 nitrogen and oxygen atoms in total. The van der Waals surface area contributed by atoms with Crippen molar-refractivity contribution >= 4 is 0 Å². The molecule has 1 heterocycles. The Labute approximate surface area is 102 Å². The highest BCUT2D eigenvalue weighted by atomic mass is 16.5. The van der Waals surface area contributed by atoms with Crippen molar-refractivity contribution in [3.63, 3.8) is 0 Å². The van der Waals surface area contributed by atoms with Gasteiger partial charge in [0, 0.05) is 5.92 Å². The molecule has 2 aromatic carbocycles. The van der Waals surface area contributed by atoms with E-state index in [1.54, 1.807) is 0 Å². The zero-order valence-corrected chi connectivity index (χ0v) is 9.91. The summed E-state index contributed by atoms with van der Waals surface area (Å²) >= 11 is 0. The largest absolute Gasteiger partial charge is 0.369 e. The van der Waals surface area contributed by atoms with Crippen molar-refractivity contribution in [2.45, 2.75) is 25.0 Å². The summed E-state index contributed by atoms with van der Waals surface area (Å²) in [5.41, 5.74) is 2.65. The van der Waals surface area contributed by atoms with Crippen LogP contribution >= 0.6 is 0 Å². The fourth-order valence-corrected chi connectivity index (χ4v) is 2.61. The summed E-state index contributed by atoms with van der Waals surface area (Å²) in [7, 11) is 0. The first-order chi connectivity index (χ1) is 8.36. The lowest BCUT2D eigenvalue weighted by Crippen LogP contribution is -2.38. The van der Waals surface area contributed by atoms with Crippen LogP contribution in [0.1, 0.15) is 30.1 Å². The zero-order chi connectivity index (χ0) is 11.7. The number of ether oxygens (including phenoxy) is 1. The van der Waals surface area contributed by atoms with Crippen molar-refractivity contribution < 1.29 is 4.74 Å². The smallest absolute Gasteiger partial charge is 0.0922 e. The van der Waals surface area contributed by atoms with Crippen molar-refractivity contribution in [3.8, 4) is 0 Å². The Kier molecular flexibility index (Phi) is 2.69. The van der Waals surface area contributed by atoms with Crippen LogP contribution in [0.5, 0.6) is 0 Å². The van der Waals surface area contributed by atoms with Crippen molar-refractivity contribution in [2.75, 3.05) is 0 Å². The van der Waals surface area contributed by atoms with Crippen LogP contribution in [-0.4, -0.2) is 6.10 Å². The van der Waals surface area contributed by atoms with Crippen molar-refractivity contribution in [3.05, 3.63) is 71.8 Å². The van der Waals surface area contributed by atoms with E-state index >= 15 is 0 Å². The van der Waals surface area contributed by atoms with Crippen molar-refractivity contribution in [1.29, 1.82) is 0 Å². The summed E-state index contributed by atoms with van der Waals surface area (Å²) < 4.78 is 5.89. The molecular formula is C16H16O. The minimum atomic E-state index is 0.216. The SMILES string of the molecule is C[C@@H]1O[C@H](c2ccccc2)[C@H]1c1ccccc1.